The Kier molecular flexibility index (Phi) is 7.54. The summed E-state index contributed by atoms with van der Waals surface area (Å²) in [5.41, 5.74) is 16.8. The Labute approximate surface area is 341 Å². The van der Waals surface area contributed by atoms with E-state index in [1.54, 1.807) is 0 Å². The monoisotopic (exact) mass is 752 g/mol. The molecule has 0 amide bonds. The molecule has 276 valence electrons. The lowest BCUT2D eigenvalue weighted by molar-refractivity contribution is 0.671. The predicted octanol–water partition coefficient (Wildman–Crippen LogP) is 15.3. The summed E-state index contributed by atoms with van der Waals surface area (Å²) >= 11 is 0. The maximum Gasteiger partial charge on any atom is 0.143 e. The second kappa shape index (κ2) is 13.4. The van der Waals surface area contributed by atoms with Crippen molar-refractivity contribution in [3.8, 4) is 55.9 Å². The first-order valence-corrected chi connectivity index (χ1v) is 20.2. The molecule has 9 aromatic carbocycles. The van der Waals surface area contributed by atoms with Crippen LogP contribution in [0, 0.1) is 0 Å². The smallest absolute Gasteiger partial charge is 0.143 e. The molecule has 3 heteroatoms. The summed E-state index contributed by atoms with van der Waals surface area (Å²) in [5, 5.41) is 5.93. The Morgan fingerprint density at radius 1 is 0.305 bits per heavy atom. The van der Waals surface area contributed by atoms with E-state index in [1.807, 2.05) is 0 Å². The molecule has 0 radical (unpaired) electrons. The van der Waals surface area contributed by atoms with Crippen molar-refractivity contribution in [1.29, 1.82) is 0 Å². The van der Waals surface area contributed by atoms with Crippen LogP contribution < -0.4 is 0 Å². The first-order valence-electron chi connectivity index (χ1n) is 20.2. The van der Waals surface area contributed by atoms with Crippen LogP contribution in [0.15, 0.2) is 223 Å². The molecular weight excluding hydrogens is 717 g/mol. The number of hydrogen-bond acceptors (Lipinski definition) is 1. The molecule has 0 fully saturated rings. The SMILES string of the molecule is c1ccc(-c2cc(-c3ccccc3)cc(-n3ccc4c3ccc3c5ccccc5n(-c5ccc(-c6cccc7c6oc6c(-c8ccccc8)cccc67)cc5)c34)c2)cc1. The van der Waals surface area contributed by atoms with Gasteiger partial charge >= 0.3 is 0 Å². The van der Waals surface area contributed by atoms with Gasteiger partial charge in [-0.15, -0.1) is 0 Å². The lowest BCUT2D eigenvalue weighted by Gasteiger charge is -2.13. The molecule has 0 saturated heterocycles. The molecule has 3 nitrogen and oxygen atoms in total. The van der Waals surface area contributed by atoms with E-state index >= 15 is 0 Å². The fourth-order valence-electron chi connectivity index (χ4n) is 9.20. The van der Waals surface area contributed by atoms with Crippen molar-refractivity contribution in [2.75, 3.05) is 0 Å². The predicted molar refractivity (Wildman–Crippen MR) is 247 cm³/mol. The van der Waals surface area contributed by atoms with E-state index in [4.69, 9.17) is 4.42 Å². The maximum atomic E-state index is 6.79. The van der Waals surface area contributed by atoms with Gasteiger partial charge in [0.15, 0.2) is 0 Å². The Balaban J connectivity index is 1.01. The van der Waals surface area contributed by atoms with Crippen LogP contribution in [0.1, 0.15) is 0 Å². The molecule has 59 heavy (non-hydrogen) atoms. The first kappa shape index (κ1) is 33.3. The van der Waals surface area contributed by atoms with Crippen LogP contribution in [0.4, 0.5) is 0 Å². The second-order valence-electron chi connectivity index (χ2n) is 15.3. The highest BCUT2D eigenvalue weighted by atomic mass is 16.3. The zero-order valence-corrected chi connectivity index (χ0v) is 32.1. The van der Waals surface area contributed by atoms with Gasteiger partial charge in [-0.05, 0) is 81.9 Å². The molecule has 0 aliphatic carbocycles. The van der Waals surface area contributed by atoms with Gasteiger partial charge in [0.2, 0.25) is 0 Å². The third-order valence-corrected chi connectivity index (χ3v) is 12.0. The molecule has 0 N–H and O–H groups in total. The van der Waals surface area contributed by atoms with E-state index < -0.39 is 0 Å². The van der Waals surface area contributed by atoms with Gasteiger partial charge in [-0.2, -0.15) is 0 Å². The van der Waals surface area contributed by atoms with Crippen molar-refractivity contribution in [2.45, 2.75) is 0 Å². The average molecular weight is 753 g/mol. The van der Waals surface area contributed by atoms with Crippen LogP contribution in [0.5, 0.6) is 0 Å². The highest BCUT2D eigenvalue weighted by Gasteiger charge is 2.19. The summed E-state index contributed by atoms with van der Waals surface area (Å²) in [6.07, 6.45) is 2.23. The van der Waals surface area contributed by atoms with E-state index in [0.717, 1.165) is 61.1 Å². The first-order chi connectivity index (χ1) is 29.3. The third kappa shape index (κ3) is 5.36. The van der Waals surface area contributed by atoms with Crippen molar-refractivity contribution in [3.63, 3.8) is 0 Å². The van der Waals surface area contributed by atoms with Gasteiger partial charge in [0.1, 0.15) is 11.2 Å². The fourth-order valence-corrected chi connectivity index (χ4v) is 9.20. The number of nitrogens with zero attached hydrogens (tertiary/aromatic N) is 2. The van der Waals surface area contributed by atoms with Crippen molar-refractivity contribution in [3.05, 3.63) is 219 Å². The molecule has 0 bridgehead atoms. The molecule has 0 aliphatic heterocycles. The molecule has 3 heterocycles. The molecular formula is C56H36N2O. The largest absolute Gasteiger partial charge is 0.455 e. The van der Waals surface area contributed by atoms with Gasteiger partial charge in [0, 0.05) is 55.6 Å². The van der Waals surface area contributed by atoms with Gasteiger partial charge in [-0.3, -0.25) is 0 Å². The maximum absolute atomic E-state index is 6.79. The van der Waals surface area contributed by atoms with E-state index in [9.17, 15) is 0 Å². The summed E-state index contributed by atoms with van der Waals surface area (Å²) in [4.78, 5) is 0. The Hall–Kier alpha value is -7.88. The zero-order valence-electron chi connectivity index (χ0n) is 32.1. The van der Waals surface area contributed by atoms with Crippen LogP contribution in [0.2, 0.25) is 0 Å². The van der Waals surface area contributed by atoms with Crippen molar-refractivity contribution < 1.29 is 4.42 Å². The quantitative estimate of drug-likeness (QED) is 0.166. The minimum atomic E-state index is 0.908. The zero-order chi connectivity index (χ0) is 38.9. The lowest BCUT2D eigenvalue weighted by atomic mass is 9.98. The Morgan fingerprint density at radius 3 is 1.47 bits per heavy atom. The molecule has 12 aromatic rings. The summed E-state index contributed by atoms with van der Waals surface area (Å²) in [6, 6.07) is 76.3. The topological polar surface area (TPSA) is 23.0 Å². The van der Waals surface area contributed by atoms with Crippen molar-refractivity contribution in [2.24, 2.45) is 0 Å². The molecule has 0 atom stereocenters. The van der Waals surface area contributed by atoms with E-state index in [0.29, 0.717) is 0 Å². The molecule has 12 rings (SSSR count). The normalized spacial score (nSPS) is 11.7. The summed E-state index contributed by atoms with van der Waals surface area (Å²) in [7, 11) is 0. The Bertz CT molecular complexity index is 3460. The summed E-state index contributed by atoms with van der Waals surface area (Å²) < 4.78 is 11.6. The minimum Gasteiger partial charge on any atom is -0.455 e. The van der Waals surface area contributed by atoms with E-state index in [-0.39, 0.29) is 0 Å². The average Bonchev–Trinajstić information content (AvgIpc) is 4.02. The standard InChI is InChI=1S/C56H36N2O/c1-4-14-37(15-5-1)41-34-42(38-16-6-2-7-17-38)36-44(35-41)57-33-32-51-52(57)31-30-48-47-20-10-11-25-53(47)58(54(48)51)43-28-26-40(27-29-43)46-22-13-24-50-49-23-12-21-45(55(49)59-56(46)50)39-18-8-3-9-19-39/h1-36H. The summed E-state index contributed by atoms with van der Waals surface area (Å²) in [6.45, 7) is 0. The van der Waals surface area contributed by atoms with Crippen LogP contribution in [0.25, 0.3) is 111 Å². The van der Waals surface area contributed by atoms with Crippen LogP contribution in [0.3, 0.4) is 0 Å². The highest BCUT2D eigenvalue weighted by Crippen LogP contribution is 2.42. The van der Waals surface area contributed by atoms with Gasteiger partial charge in [0.05, 0.1) is 16.6 Å². The van der Waals surface area contributed by atoms with Crippen molar-refractivity contribution >= 4 is 54.6 Å². The van der Waals surface area contributed by atoms with E-state index in [1.165, 1.54) is 49.4 Å². The van der Waals surface area contributed by atoms with Gasteiger partial charge in [-0.1, -0.05) is 164 Å². The second-order valence-corrected chi connectivity index (χ2v) is 15.3. The molecule has 0 aliphatic rings. The van der Waals surface area contributed by atoms with Crippen LogP contribution >= 0.6 is 0 Å². The number of fused-ring (bicyclic) bond motifs is 8. The van der Waals surface area contributed by atoms with Crippen LogP contribution in [-0.2, 0) is 0 Å². The number of benzene rings is 9. The number of furan rings is 1. The van der Waals surface area contributed by atoms with Gasteiger partial charge in [0.25, 0.3) is 0 Å². The molecule has 3 aromatic heterocycles. The number of hydrogen-bond donors (Lipinski definition) is 0. The number of aromatic nitrogens is 2. The van der Waals surface area contributed by atoms with Gasteiger partial charge in [-0.25, -0.2) is 0 Å². The summed E-state index contributed by atoms with van der Waals surface area (Å²) in [5.74, 6) is 0. The molecule has 0 spiro atoms. The fraction of sp³-hybridized carbons (Fsp3) is 0. The van der Waals surface area contributed by atoms with Crippen LogP contribution in [-0.4, -0.2) is 9.13 Å². The molecule has 0 unspecified atom stereocenters. The van der Waals surface area contributed by atoms with Crippen molar-refractivity contribution in [1.82, 2.24) is 9.13 Å². The number of para-hydroxylation sites is 3. The minimum absolute atomic E-state index is 0.908. The van der Waals surface area contributed by atoms with E-state index in [2.05, 4.69) is 228 Å². The lowest BCUT2D eigenvalue weighted by Crippen LogP contribution is -1.96. The van der Waals surface area contributed by atoms with Gasteiger partial charge < -0.3 is 13.6 Å². The molecule has 0 saturated carbocycles. The number of rotatable bonds is 6. The third-order valence-electron chi connectivity index (χ3n) is 12.0. The highest BCUT2D eigenvalue weighted by molar-refractivity contribution is 6.18. The Morgan fingerprint density at radius 2 is 0.847 bits per heavy atom.